The molecule has 0 aliphatic carbocycles. The van der Waals surface area contributed by atoms with Crippen LogP contribution in [-0.2, 0) is 28.9 Å². The molecule has 0 bridgehead atoms. The van der Waals surface area contributed by atoms with E-state index in [2.05, 4.69) is 0 Å². The molecule has 274 valence electrons. The molecule has 0 saturated carbocycles. The van der Waals surface area contributed by atoms with E-state index in [1.807, 2.05) is 0 Å². The molecule has 47 heavy (non-hydrogen) atoms. The lowest BCUT2D eigenvalue weighted by Crippen LogP contribution is -2.87. The van der Waals surface area contributed by atoms with Crippen LogP contribution >= 0.6 is 0 Å². The molecule has 2 fully saturated rings. The molecule has 2 saturated heterocycles. The Labute approximate surface area is 277 Å². The molecular formula is C32H60N2O13+2. The zero-order chi connectivity index (χ0) is 37.0. The first kappa shape index (κ1) is 41.2. The number of aliphatic carboxylic acids is 3. The summed E-state index contributed by atoms with van der Waals surface area (Å²) in [6.45, 7) is 17.6. The van der Waals surface area contributed by atoms with Crippen molar-refractivity contribution in [3.63, 3.8) is 0 Å². The van der Waals surface area contributed by atoms with Gasteiger partial charge >= 0.3 is 23.5 Å². The van der Waals surface area contributed by atoms with Crippen LogP contribution < -0.4 is 0 Å². The maximum Gasteiger partial charge on any atom is 0.369 e. The molecule has 2 atom stereocenters. The Bertz CT molecular complexity index is 1150. The van der Waals surface area contributed by atoms with Crippen molar-refractivity contribution in [2.24, 2.45) is 0 Å². The van der Waals surface area contributed by atoms with E-state index in [4.69, 9.17) is 14.5 Å². The first-order chi connectivity index (χ1) is 20.7. The van der Waals surface area contributed by atoms with E-state index in [0.29, 0.717) is 0 Å². The summed E-state index contributed by atoms with van der Waals surface area (Å²) in [7, 11) is 0. The van der Waals surface area contributed by atoms with Gasteiger partial charge < -0.3 is 35.7 Å². The van der Waals surface area contributed by atoms with Crippen LogP contribution in [0.4, 0.5) is 0 Å². The fourth-order valence-corrected chi connectivity index (χ4v) is 8.37. The first-order valence-corrected chi connectivity index (χ1v) is 16.0. The minimum Gasteiger partial charge on any atom is -0.481 e. The number of quaternary nitrogens is 2. The smallest absolute Gasteiger partial charge is 0.369 e. The van der Waals surface area contributed by atoms with Gasteiger partial charge in [0.05, 0.1) is 29.8 Å². The zero-order valence-corrected chi connectivity index (χ0v) is 30.2. The molecule has 2 aliphatic heterocycles. The molecule has 15 heteroatoms. The Hall–Kier alpha value is -1.95. The highest BCUT2D eigenvalue weighted by molar-refractivity contribution is 5.91. The summed E-state index contributed by atoms with van der Waals surface area (Å²) in [5.41, 5.74) is -11.7. The van der Waals surface area contributed by atoms with Crippen molar-refractivity contribution in [1.82, 2.24) is 0 Å². The van der Waals surface area contributed by atoms with Gasteiger partial charge in [-0.3, -0.25) is 4.79 Å². The summed E-state index contributed by atoms with van der Waals surface area (Å²) < 4.78 is -1.06. The predicted octanol–water partition coefficient (Wildman–Crippen LogP) is 2.13. The highest BCUT2D eigenvalue weighted by atomic mass is 17.0. The van der Waals surface area contributed by atoms with E-state index in [1.54, 1.807) is 55.4 Å². The van der Waals surface area contributed by atoms with E-state index in [-0.39, 0.29) is 25.7 Å². The largest absolute Gasteiger partial charge is 0.481 e. The molecule has 0 aromatic carbocycles. The van der Waals surface area contributed by atoms with Gasteiger partial charge in [0.2, 0.25) is 0 Å². The number of hydrogen-bond donors (Lipinski definition) is 7. The predicted molar refractivity (Wildman–Crippen MR) is 167 cm³/mol. The molecule has 2 rings (SSSR count). The molecule has 7 N–H and O–H groups in total. The van der Waals surface area contributed by atoms with Gasteiger partial charge in [0.15, 0.2) is 11.1 Å². The van der Waals surface area contributed by atoms with E-state index in [1.165, 1.54) is 27.7 Å². The molecule has 0 aromatic heterocycles. The summed E-state index contributed by atoms with van der Waals surface area (Å²) in [4.78, 5) is 58.9. The van der Waals surface area contributed by atoms with Crippen molar-refractivity contribution in [3.8, 4) is 0 Å². The molecule has 0 aromatic rings. The summed E-state index contributed by atoms with van der Waals surface area (Å²) in [6.07, 6.45) is -3.45. The van der Waals surface area contributed by atoms with Crippen molar-refractivity contribution in [3.05, 3.63) is 0 Å². The quantitative estimate of drug-likeness (QED) is 0.131. The lowest BCUT2D eigenvalue weighted by Gasteiger charge is -2.64. The monoisotopic (exact) mass is 680 g/mol. The van der Waals surface area contributed by atoms with Gasteiger partial charge in [-0.2, -0.15) is 14.3 Å². The van der Waals surface area contributed by atoms with E-state index < -0.39 is 104 Å². The van der Waals surface area contributed by atoms with Gasteiger partial charge in [-0.25, -0.2) is 9.59 Å². The average molecular weight is 681 g/mol. The van der Waals surface area contributed by atoms with Crippen molar-refractivity contribution in [2.45, 2.75) is 172 Å². The number of nitrogens with zero attached hydrogens (tertiary/aromatic N) is 2. The molecule has 0 radical (unpaired) electrons. The zero-order valence-electron chi connectivity index (χ0n) is 30.2. The minimum atomic E-state index is -3.16. The molecule has 2 aliphatic rings. The van der Waals surface area contributed by atoms with Gasteiger partial charge in [0.25, 0.3) is 6.04 Å². The molecule has 0 amide bonds. The van der Waals surface area contributed by atoms with Crippen LogP contribution in [0.3, 0.4) is 0 Å². The third kappa shape index (κ3) is 7.63. The number of rotatable bonds is 14. The van der Waals surface area contributed by atoms with Crippen LogP contribution in [0.15, 0.2) is 0 Å². The lowest BCUT2D eigenvalue weighted by molar-refractivity contribution is -1.31. The van der Waals surface area contributed by atoms with Crippen LogP contribution in [0, 0.1) is 0 Å². The second-order valence-corrected chi connectivity index (χ2v) is 17.4. The van der Waals surface area contributed by atoms with Gasteiger partial charge in [-0.1, -0.05) is 0 Å². The van der Waals surface area contributed by atoms with E-state index in [9.17, 15) is 50.1 Å². The Morgan fingerprint density at radius 2 is 1.06 bits per heavy atom. The third-order valence-corrected chi connectivity index (χ3v) is 9.66. The summed E-state index contributed by atoms with van der Waals surface area (Å²) in [5.74, 6) is -5.40. The second-order valence-electron chi connectivity index (χ2n) is 17.4. The molecule has 15 nitrogen and oxygen atoms in total. The summed E-state index contributed by atoms with van der Waals surface area (Å²) >= 11 is 0. The Morgan fingerprint density at radius 3 is 1.38 bits per heavy atom. The number of hydroxylamine groups is 7. The molecule has 2 heterocycles. The Morgan fingerprint density at radius 1 is 0.702 bits per heavy atom. The van der Waals surface area contributed by atoms with Crippen molar-refractivity contribution < 1.29 is 74.1 Å². The normalized spacial score (nSPS) is 32.2. The number of aliphatic hydroxyl groups is 4. The number of carboxylic acids is 3. The highest BCUT2D eigenvalue weighted by Gasteiger charge is 2.79. The number of aliphatic hydroxyl groups excluding tert-OH is 2. The highest BCUT2D eigenvalue weighted by Crippen LogP contribution is 2.55. The van der Waals surface area contributed by atoms with Gasteiger partial charge in [-0.15, -0.1) is 4.84 Å². The van der Waals surface area contributed by atoms with Gasteiger partial charge in [0.1, 0.15) is 24.3 Å². The fraction of sp³-hybridized carbons (Fsp3) is 0.906. The van der Waals surface area contributed by atoms with Gasteiger partial charge in [-0.05, 0) is 87.9 Å². The maximum atomic E-state index is 13.9. The van der Waals surface area contributed by atoms with Crippen LogP contribution in [0.5, 0.6) is 0 Å². The van der Waals surface area contributed by atoms with E-state index in [0.717, 1.165) is 0 Å². The number of carbonyl (C=O) groups is 3. The van der Waals surface area contributed by atoms with Gasteiger partial charge in [0, 0.05) is 25.7 Å². The molecule has 0 spiro atoms. The average Bonchev–Trinajstić information content (AvgIpc) is 2.78. The first-order valence-electron chi connectivity index (χ1n) is 16.0. The minimum absolute atomic E-state index is 0.0266. The van der Waals surface area contributed by atoms with Crippen LogP contribution in [-0.4, -0.2) is 134 Å². The number of piperidine rings is 2. The summed E-state index contributed by atoms with van der Waals surface area (Å²) in [5, 5.41) is 76.2. The number of carboxylic acid groups (broad SMARTS) is 3. The van der Waals surface area contributed by atoms with Crippen LogP contribution in [0.1, 0.15) is 115 Å². The standard InChI is InChI=1S/C32H58N2O13/c1-26(2)13-20(35)14-27(3,4)33(26,45-18-30(9,10)43)23(24(39)40)32(25(41)42,17-22(37)38)47-34(46-19-31(11,12)44)28(5,6)15-21(36)16-29(34,7)8/h20-21,23,35-36,43-44H,13-19H2,1-12H3,(H-2,37,38,39,40,41,42)/p+2. The fourth-order valence-electron chi connectivity index (χ4n) is 8.37. The topological polar surface area (TPSA) is 221 Å². The second kappa shape index (κ2) is 12.7. The van der Waals surface area contributed by atoms with Crippen molar-refractivity contribution in [1.29, 1.82) is 0 Å². The number of hydrogen-bond acceptors (Lipinski definition) is 10. The lowest BCUT2D eigenvalue weighted by atomic mass is 9.72. The third-order valence-electron chi connectivity index (χ3n) is 9.66. The SMILES string of the molecule is CC(C)(O)CO[N+]1(OC(CC(=O)O)(C(=O)O)C(C(=O)O)[N+]2(OCC(C)(C)O)C(C)(C)CC(O)CC2(C)C)C(C)(C)CC(O)CC1(C)C. The maximum absolute atomic E-state index is 13.9. The summed E-state index contributed by atoms with van der Waals surface area (Å²) in [6, 6.07) is -2.35. The Balaban J connectivity index is 3.21. The van der Waals surface area contributed by atoms with E-state index >= 15 is 0 Å². The van der Waals surface area contributed by atoms with Crippen LogP contribution in [0.25, 0.3) is 0 Å². The Kier molecular flexibility index (Phi) is 11.2. The molecule has 2 unspecified atom stereocenters. The van der Waals surface area contributed by atoms with Crippen LogP contribution in [0.2, 0.25) is 0 Å². The van der Waals surface area contributed by atoms with Crippen molar-refractivity contribution >= 4 is 17.9 Å². The number of likely N-dealkylation sites (tertiary alicyclic amines) is 1. The molecular weight excluding hydrogens is 620 g/mol. The van der Waals surface area contributed by atoms with Crippen molar-refractivity contribution in [2.75, 3.05) is 13.2 Å².